The van der Waals surface area contributed by atoms with Gasteiger partial charge >= 0.3 is 5.97 Å². The maximum atomic E-state index is 11.5. The van der Waals surface area contributed by atoms with Crippen molar-refractivity contribution in [3.63, 3.8) is 0 Å². The van der Waals surface area contributed by atoms with Crippen LogP contribution < -0.4 is 5.32 Å². The van der Waals surface area contributed by atoms with E-state index in [4.69, 9.17) is 5.11 Å². The van der Waals surface area contributed by atoms with Gasteiger partial charge in [-0.3, -0.25) is 14.3 Å². The smallest absolute Gasteiger partial charge is 0.305 e. The summed E-state index contributed by atoms with van der Waals surface area (Å²) in [5.41, 5.74) is 1.23. The number of nitrogens with zero attached hydrogens (tertiary/aromatic N) is 2. The van der Waals surface area contributed by atoms with Gasteiger partial charge in [0, 0.05) is 19.3 Å². The quantitative estimate of drug-likeness (QED) is 0.730. The first-order valence-corrected chi connectivity index (χ1v) is 4.51. The van der Waals surface area contributed by atoms with Gasteiger partial charge in [0.1, 0.15) is 0 Å². The van der Waals surface area contributed by atoms with Crippen LogP contribution in [0.3, 0.4) is 0 Å². The first-order valence-electron chi connectivity index (χ1n) is 4.51. The third kappa shape index (κ3) is 2.80. The molecule has 2 N–H and O–H groups in total. The second-order valence-electron chi connectivity index (χ2n) is 3.17. The number of aryl methyl sites for hydroxylation is 1. The zero-order valence-electron chi connectivity index (χ0n) is 8.65. The Balaban J connectivity index is 2.54. The number of hydrogen-bond acceptors (Lipinski definition) is 3. The summed E-state index contributed by atoms with van der Waals surface area (Å²) in [7, 11) is 1.74. The summed E-state index contributed by atoms with van der Waals surface area (Å²) in [6.07, 6.45) is 1.39. The number of aliphatic carboxylic acids is 1. The van der Waals surface area contributed by atoms with Gasteiger partial charge in [0.05, 0.1) is 18.2 Å². The van der Waals surface area contributed by atoms with Crippen LogP contribution in [0.25, 0.3) is 0 Å². The summed E-state index contributed by atoms with van der Waals surface area (Å²) in [5.74, 6) is -1.22. The molecule has 0 aliphatic carbocycles. The van der Waals surface area contributed by atoms with Crippen LogP contribution in [0.1, 0.15) is 22.5 Å². The van der Waals surface area contributed by atoms with Gasteiger partial charge in [-0.25, -0.2) is 0 Å². The molecule has 6 heteroatoms. The number of carbonyl (C=O) groups is 2. The lowest BCUT2D eigenvalue weighted by Crippen LogP contribution is -2.26. The molecule has 0 unspecified atom stereocenters. The van der Waals surface area contributed by atoms with Crippen molar-refractivity contribution in [3.8, 4) is 0 Å². The number of carbonyl (C=O) groups excluding carboxylic acids is 1. The van der Waals surface area contributed by atoms with E-state index in [0.717, 1.165) is 5.69 Å². The van der Waals surface area contributed by atoms with Crippen LogP contribution in [0.4, 0.5) is 0 Å². The highest BCUT2D eigenvalue weighted by Crippen LogP contribution is 2.04. The summed E-state index contributed by atoms with van der Waals surface area (Å²) in [4.78, 5) is 21.7. The van der Waals surface area contributed by atoms with Gasteiger partial charge in [-0.1, -0.05) is 0 Å². The van der Waals surface area contributed by atoms with Crippen LogP contribution in [0.15, 0.2) is 6.20 Å². The molecular weight excluding hydrogens is 198 g/mol. The zero-order valence-corrected chi connectivity index (χ0v) is 8.65. The van der Waals surface area contributed by atoms with Crippen molar-refractivity contribution in [2.75, 3.05) is 6.54 Å². The number of aromatic nitrogens is 2. The SMILES string of the molecule is Cc1c(C(=O)NCCC(=O)O)cnn1C. The normalized spacial score (nSPS) is 10.0. The molecule has 6 nitrogen and oxygen atoms in total. The fourth-order valence-electron chi connectivity index (χ4n) is 1.10. The van der Waals surface area contributed by atoms with Gasteiger partial charge in [0.25, 0.3) is 5.91 Å². The maximum Gasteiger partial charge on any atom is 0.305 e. The van der Waals surface area contributed by atoms with E-state index in [1.165, 1.54) is 6.20 Å². The van der Waals surface area contributed by atoms with E-state index in [0.29, 0.717) is 5.56 Å². The lowest BCUT2D eigenvalue weighted by molar-refractivity contribution is -0.136. The van der Waals surface area contributed by atoms with Crippen molar-refractivity contribution in [1.82, 2.24) is 15.1 Å². The van der Waals surface area contributed by atoms with E-state index in [9.17, 15) is 9.59 Å². The summed E-state index contributed by atoms with van der Waals surface area (Å²) in [6, 6.07) is 0. The minimum absolute atomic E-state index is 0.0783. The summed E-state index contributed by atoms with van der Waals surface area (Å²) >= 11 is 0. The van der Waals surface area contributed by atoms with Crippen LogP contribution in [-0.2, 0) is 11.8 Å². The van der Waals surface area contributed by atoms with Gasteiger partial charge < -0.3 is 10.4 Å². The van der Waals surface area contributed by atoms with Crippen LogP contribution in [0, 0.1) is 6.92 Å². The lowest BCUT2D eigenvalue weighted by atomic mass is 10.2. The number of amides is 1. The number of carboxylic acids is 1. The van der Waals surface area contributed by atoms with E-state index in [-0.39, 0.29) is 18.9 Å². The molecule has 15 heavy (non-hydrogen) atoms. The second kappa shape index (κ2) is 4.59. The average Bonchev–Trinajstić information content (AvgIpc) is 2.47. The molecule has 1 aromatic heterocycles. The Labute approximate surface area is 86.9 Å². The standard InChI is InChI=1S/C9H13N3O3/c1-6-7(5-11-12(6)2)9(15)10-4-3-8(13)14/h5H,3-4H2,1-2H3,(H,10,15)(H,13,14). The van der Waals surface area contributed by atoms with Crippen molar-refractivity contribution in [3.05, 3.63) is 17.5 Å². The van der Waals surface area contributed by atoms with Crippen molar-refractivity contribution in [2.45, 2.75) is 13.3 Å². The molecule has 0 aromatic carbocycles. The number of nitrogens with one attached hydrogen (secondary N) is 1. The summed E-state index contributed by atoms with van der Waals surface area (Å²) in [6.45, 7) is 1.90. The molecule has 82 valence electrons. The molecule has 0 radical (unpaired) electrons. The van der Waals surface area contributed by atoms with Gasteiger partial charge in [0.2, 0.25) is 0 Å². The van der Waals surface area contributed by atoms with E-state index in [1.54, 1.807) is 18.7 Å². The zero-order chi connectivity index (χ0) is 11.4. The summed E-state index contributed by atoms with van der Waals surface area (Å²) < 4.78 is 1.59. The van der Waals surface area contributed by atoms with Gasteiger partial charge in [0.15, 0.2) is 0 Å². The highest BCUT2D eigenvalue weighted by atomic mass is 16.4. The molecule has 1 aromatic rings. The second-order valence-corrected chi connectivity index (χ2v) is 3.17. The van der Waals surface area contributed by atoms with E-state index < -0.39 is 5.97 Å². The molecule has 0 atom stereocenters. The largest absolute Gasteiger partial charge is 0.481 e. The molecule has 1 amide bonds. The minimum atomic E-state index is -0.932. The highest BCUT2D eigenvalue weighted by Gasteiger charge is 2.12. The Morgan fingerprint density at radius 3 is 2.73 bits per heavy atom. The molecule has 1 rings (SSSR count). The first kappa shape index (κ1) is 11.2. The van der Waals surface area contributed by atoms with Gasteiger partial charge in [-0.2, -0.15) is 5.10 Å². The van der Waals surface area contributed by atoms with E-state index in [1.807, 2.05) is 0 Å². The maximum absolute atomic E-state index is 11.5. The number of hydrogen-bond donors (Lipinski definition) is 2. The predicted octanol–water partition coefficient (Wildman–Crippen LogP) is -0.0670. The topological polar surface area (TPSA) is 84.2 Å². The molecule has 0 saturated heterocycles. The Hall–Kier alpha value is -1.85. The summed E-state index contributed by atoms with van der Waals surface area (Å²) in [5, 5.41) is 14.8. The van der Waals surface area contributed by atoms with E-state index >= 15 is 0 Å². The Morgan fingerprint density at radius 1 is 1.60 bits per heavy atom. The predicted molar refractivity (Wildman–Crippen MR) is 52.5 cm³/mol. The van der Waals surface area contributed by atoms with Crippen LogP contribution >= 0.6 is 0 Å². The van der Waals surface area contributed by atoms with Gasteiger partial charge in [-0.05, 0) is 6.92 Å². The third-order valence-corrected chi connectivity index (χ3v) is 2.10. The molecule has 0 aliphatic rings. The molecule has 0 saturated carbocycles. The van der Waals surface area contributed by atoms with Crippen molar-refractivity contribution < 1.29 is 14.7 Å². The monoisotopic (exact) mass is 211 g/mol. The van der Waals surface area contributed by atoms with Crippen LogP contribution in [0.2, 0.25) is 0 Å². The van der Waals surface area contributed by atoms with Crippen LogP contribution in [0.5, 0.6) is 0 Å². The van der Waals surface area contributed by atoms with Gasteiger partial charge in [-0.15, -0.1) is 0 Å². The molecule has 0 aliphatic heterocycles. The molecular formula is C9H13N3O3. The van der Waals surface area contributed by atoms with Crippen LogP contribution in [-0.4, -0.2) is 33.3 Å². The molecule has 0 bridgehead atoms. The van der Waals surface area contributed by atoms with Crippen molar-refractivity contribution in [1.29, 1.82) is 0 Å². The average molecular weight is 211 g/mol. The number of rotatable bonds is 4. The molecule has 0 fully saturated rings. The van der Waals surface area contributed by atoms with Crippen molar-refractivity contribution in [2.24, 2.45) is 7.05 Å². The van der Waals surface area contributed by atoms with Crippen molar-refractivity contribution >= 4 is 11.9 Å². The lowest BCUT2D eigenvalue weighted by Gasteiger charge is -2.02. The fraction of sp³-hybridized carbons (Fsp3) is 0.444. The highest BCUT2D eigenvalue weighted by molar-refractivity contribution is 5.95. The Bertz CT molecular complexity index is 384. The number of carboxylic acid groups (broad SMARTS) is 1. The molecule has 1 heterocycles. The Morgan fingerprint density at radius 2 is 2.27 bits per heavy atom. The third-order valence-electron chi connectivity index (χ3n) is 2.10. The molecule has 0 spiro atoms. The first-order chi connectivity index (χ1) is 7.02. The fourth-order valence-corrected chi connectivity index (χ4v) is 1.10. The minimum Gasteiger partial charge on any atom is -0.481 e. The van der Waals surface area contributed by atoms with E-state index in [2.05, 4.69) is 10.4 Å². The Kier molecular flexibility index (Phi) is 3.43.